The van der Waals surface area contributed by atoms with Crippen molar-refractivity contribution in [2.45, 2.75) is 63.9 Å². The smallest absolute Gasteiger partial charge is 0.305 e. The van der Waals surface area contributed by atoms with Crippen LogP contribution in [0.5, 0.6) is 0 Å². The minimum absolute atomic E-state index is 0.108. The average molecular weight is 292 g/mol. The highest BCUT2D eigenvalue weighted by Crippen LogP contribution is 2.11. The van der Waals surface area contributed by atoms with E-state index in [2.05, 4.69) is 36.5 Å². The number of allylic oxidation sites excluding steroid dienone is 6. The fraction of sp³-hybridized carbons (Fsp3) is 0.611. The van der Waals surface area contributed by atoms with Crippen LogP contribution in [-0.4, -0.2) is 23.8 Å². The van der Waals surface area contributed by atoms with Crippen molar-refractivity contribution in [3.63, 3.8) is 0 Å². The number of ether oxygens (including phenoxy) is 1. The van der Waals surface area contributed by atoms with Crippen LogP contribution < -0.4 is 0 Å². The maximum Gasteiger partial charge on any atom is 0.305 e. The van der Waals surface area contributed by atoms with Crippen LogP contribution in [0.15, 0.2) is 36.5 Å². The van der Waals surface area contributed by atoms with Gasteiger partial charge in [-0.3, -0.25) is 4.79 Å². The summed E-state index contributed by atoms with van der Waals surface area (Å²) in [5.74, 6) is -0.775. The zero-order valence-corrected chi connectivity index (χ0v) is 12.9. The van der Waals surface area contributed by atoms with Gasteiger partial charge in [-0.15, -0.1) is 0 Å². The number of carboxylic acids is 1. The predicted octanol–water partition coefficient (Wildman–Crippen LogP) is 4.65. The average Bonchev–Trinajstić information content (AvgIpc) is 2.45. The van der Waals surface area contributed by atoms with E-state index < -0.39 is 5.97 Å². The van der Waals surface area contributed by atoms with Gasteiger partial charge in [-0.2, -0.15) is 0 Å². The predicted molar refractivity (Wildman–Crippen MR) is 86.3 cm³/mol. The number of hydrogen-bond donors (Lipinski definition) is 1. The first-order valence-electron chi connectivity index (χ1n) is 8.07. The Bertz CT molecular complexity index is 355. The SMILES string of the molecule is O=C(O)CC1CC/C=C\C/C=C\C/C=C\CCCCCO1. The zero-order chi connectivity index (χ0) is 15.2. The van der Waals surface area contributed by atoms with Gasteiger partial charge >= 0.3 is 5.97 Å². The highest BCUT2D eigenvalue weighted by molar-refractivity contribution is 5.67. The molecule has 1 N–H and O–H groups in total. The van der Waals surface area contributed by atoms with Crippen LogP contribution in [0.4, 0.5) is 0 Å². The summed E-state index contributed by atoms with van der Waals surface area (Å²) in [5.41, 5.74) is 0. The van der Waals surface area contributed by atoms with Crippen molar-refractivity contribution in [1.82, 2.24) is 0 Å². The molecule has 1 heterocycles. The molecule has 0 aromatic heterocycles. The lowest BCUT2D eigenvalue weighted by Gasteiger charge is -2.15. The molecule has 0 spiro atoms. The number of rotatable bonds is 2. The Morgan fingerprint density at radius 2 is 1.62 bits per heavy atom. The van der Waals surface area contributed by atoms with Crippen molar-refractivity contribution in [1.29, 1.82) is 0 Å². The van der Waals surface area contributed by atoms with Gasteiger partial charge in [-0.1, -0.05) is 42.9 Å². The normalized spacial score (nSPS) is 27.3. The molecule has 1 rings (SSSR count). The summed E-state index contributed by atoms with van der Waals surface area (Å²) in [5, 5.41) is 8.92. The molecule has 1 atom stereocenters. The Morgan fingerprint density at radius 3 is 2.33 bits per heavy atom. The lowest BCUT2D eigenvalue weighted by Crippen LogP contribution is -2.18. The molecular weight excluding hydrogens is 264 g/mol. The highest BCUT2D eigenvalue weighted by atomic mass is 16.5. The summed E-state index contributed by atoms with van der Waals surface area (Å²) < 4.78 is 5.73. The van der Waals surface area contributed by atoms with Gasteiger partial charge in [0.05, 0.1) is 12.5 Å². The molecule has 118 valence electrons. The number of hydrogen-bond acceptors (Lipinski definition) is 2. The molecule has 3 nitrogen and oxygen atoms in total. The van der Waals surface area contributed by atoms with Gasteiger partial charge in [0.2, 0.25) is 0 Å². The van der Waals surface area contributed by atoms with Crippen LogP contribution >= 0.6 is 0 Å². The summed E-state index contributed by atoms with van der Waals surface area (Å²) in [4.78, 5) is 10.8. The summed E-state index contributed by atoms with van der Waals surface area (Å²) >= 11 is 0. The molecule has 1 aliphatic heterocycles. The largest absolute Gasteiger partial charge is 0.481 e. The van der Waals surface area contributed by atoms with Crippen molar-refractivity contribution in [3.05, 3.63) is 36.5 Å². The standard InChI is InChI=1S/C18H28O3/c19-18(20)16-17-14-12-10-8-6-4-2-1-3-5-7-9-11-13-15-21-17/h2-5,8,10,17H,1,6-7,9,11-16H2,(H,19,20)/b4-2-,5-3-,10-8-. The van der Waals surface area contributed by atoms with Crippen LogP contribution in [-0.2, 0) is 9.53 Å². The molecule has 0 saturated carbocycles. The summed E-state index contributed by atoms with van der Waals surface area (Å²) in [6.45, 7) is 0.674. The second-order valence-electron chi connectivity index (χ2n) is 5.40. The Kier molecular flexibility index (Phi) is 10.4. The van der Waals surface area contributed by atoms with Gasteiger partial charge in [-0.05, 0) is 44.9 Å². The summed E-state index contributed by atoms with van der Waals surface area (Å²) in [6.07, 6.45) is 21.1. The van der Waals surface area contributed by atoms with Gasteiger partial charge < -0.3 is 9.84 Å². The molecule has 0 aliphatic carbocycles. The second-order valence-corrected chi connectivity index (χ2v) is 5.40. The first-order chi connectivity index (χ1) is 10.3. The summed E-state index contributed by atoms with van der Waals surface area (Å²) in [7, 11) is 0. The van der Waals surface area contributed by atoms with E-state index in [-0.39, 0.29) is 12.5 Å². The van der Waals surface area contributed by atoms with Crippen molar-refractivity contribution in [2.24, 2.45) is 0 Å². The monoisotopic (exact) mass is 292 g/mol. The molecular formula is C18H28O3. The van der Waals surface area contributed by atoms with Crippen molar-refractivity contribution in [3.8, 4) is 0 Å². The third-order valence-corrected chi connectivity index (χ3v) is 3.47. The fourth-order valence-electron chi connectivity index (χ4n) is 2.29. The van der Waals surface area contributed by atoms with E-state index in [1.165, 1.54) is 6.42 Å². The molecule has 0 saturated heterocycles. The zero-order valence-electron chi connectivity index (χ0n) is 12.9. The van der Waals surface area contributed by atoms with Gasteiger partial charge in [0.1, 0.15) is 0 Å². The Morgan fingerprint density at radius 1 is 0.952 bits per heavy atom. The second kappa shape index (κ2) is 12.4. The topological polar surface area (TPSA) is 46.5 Å². The van der Waals surface area contributed by atoms with E-state index in [4.69, 9.17) is 9.84 Å². The molecule has 3 heteroatoms. The lowest BCUT2D eigenvalue weighted by molar-refractivity contribution is -0.140. The Balaban J connectivity index is 2.42. The third-order valence-electron chi connectivity index (χ3n) is 3.47. The van der Waals surface area contributed by atoms with Gasteiger partial charge in [0, 0.05) is 6.61 Å². The number of aliphatic carboxylic acids is 1. The minimum Gasteiger partial charge on any atom is -0.481 e. The van der Waals surface area contributed by atoms with E-state index in [0.717, 1.165) is 44.9 Å². The molecule has 1 aliphatic rings. The van der Waals surface area contributed by atoms with Gasteiger partial charge in [0.15, 0.2) is 0 Å². The van der Waals surface area contributed by atoms with Crippen LogP contribution in [0, 0.1) is 0 Å². The fourth-order valence-corrected chi connectivity index (χ4v) is 2.29. The molecule has 0 aromatic carbocycles. The highest BCUT2D eigenvalue weighted by Gasteiger charge is 2.12. The molecule has 0 bridgehead atoms. The van der Waals surface area contributed by atoms with Crippen LogP contribution in [0.2, 0.25) is 0 Å². The molecule has 1 unspecified atom stereocenters. The van der Waals surface area contributed by atoms with E-state index in [9.17, 15) is 4.79 Å². The minimum atomic E-state index is -0.775. The van der Waals surface area contributed by atoms with Crippen molar-refractivity contribution < 1.29 is 14.6 Å². The molecule has 0 fully saturated rings. The molecule has 21 heavy (non-hydrogen) atoms. The van der Waals surface area contributed by atoms with E-state index in [1.54, 1.807) is 0 Å². The Labute approximate surface area is 128 Å². The van der Waals surface area contributed by atoms with E-state index in [0.29, 0.717) is 6.61 Å². The molecule has 0 aromatic rings. The molecule has 0 radical (unpaired) electrons. The quantitative estimate of drug-likeness (QED) is 0.754. The van der Waals surface area contributed by atoms with Crippen LogP contribution in [0.1, 0.15) is 57.8 Å². The van der Waals surface area contributed by atoms with Crippen molar-refractivity contribution >= 4 is 5.97 Å². The van der Waals surface area contributed by atoms with Crippen molar-refractivity contribution in [2.75, 3.05) is 6.61 Å². The lowest BCUT2D eigenvalue weighted by atomic mass is 10.1. The number of carboxylic acid groups (broad SMARTS) is 1. The Hall–Kier alpha value is -1.35. The van der Waals surface area contributed by atoms with Crippen LogP contribution in [0.3, 0.4) is 0 Å². The maximum absolute atomic E-state index is 10.8. The van der Waals surface area contributed by atoms with Gasteiger partial charge in [0.25, 0.3) is 0 Å². The first kappa shape index (κ1) is 17.7. The molecule has 0 amide bonds. The van der Waals surface area contributed by atoms with Crippen LogP contribution in [0.25, 0.3) is 0 Å². The number of carbonyl (C=O) groups is 1. The van der Waals surface area contributed by atoms with E-state index >= 15 is 0 Å². The maximum atomic E-state index is 10.8. The first-order valence-corrected chi connectivity index (χ1v) is 8.07. The van der Waals surface area contributed by atoms with Gasteiger partial charge in [-0.25, -0.2) is 0 Å². The summed E-state index contributed by atoms with van der Waals surface area (Å²) in [6, 6.07) is 0. The van der Waals surface area contributed by atoms with E-state index in [1.807, 2.05) is 0 Å². The third kappa shape index (κ3) is 11.0.